The van der Waals surface area contributed by atoms with Gasteiger partial charge >= 0.3 is 0 Å². The molecule has 0 amide bonds. The zero-order valence-corrected chi connectivity index (χ0v) is 15.5. The highest BCUT2D eigenvalue weighted by Gasteiger charge is 2.20. The zero-order valence-electron chi connectivity index (χ0n) is 15.5. The summed E-state index contributed by atoms with van der Waals surface area (Å²) < 4.78 is 1.57. The number of pyridine rings is 1. The molecular weight excluding hydrogens is 350 g/mol. The van der Waals surface area contributed by atoms with Crippen molar-refractivity contribution in [3.8, 4) is 17.3 Å². The van der Waals surface area contributed by atoms with Gasteiger partial charge in [0.2, 0.25) is 5.95 Å². The number of nitrogens with zero attached hydrogens (tertiary/aromatic N) is 5. The van der Waals surface area contributed by atoms with Gasteiger partial charge < -0.3 is 4.90 Å². The number of benzene rings is 1. The van der Waals surface area contributed by atoms with Gasteiger partial charge in [0.25, 0.3) is 5.56 Å². The molecule has 138 valence electrons. The Bertz CT molecular complexity index is 1140. The standard InChI is InChI=1S/C22H19N5O/c1-26-21(28)13-20(16-8-10-24-11-9-16)25-22(26)27-12-4-6-18(15-27)19-7-3-2-5-17(19)14-23/h2-3,5-11,13H,4,12,15H2,1H3. The maximum atomic E-state index is 12.6. The molecule has 0 saturated carbocycles. The Labute approximate surface area is 163 Å². The quantitative estimate of drug-likeness (QED) is 0.709. The van der Waals surface area contributed by atoms with Gasteiger partial charge in [-0.15, -0.1) is 0 Å². The first kappa shape index (κ1) is 17.7. The molecule has 0 fully saturated rings. The molecule has 0 unspecified atom stereocenters. The van der Waals surface area contributed by atoms with E-state index in [1.807, 2.05) is 36.4 Å². The van der Waals surface area contributed by atoms with Gasteiger partial charge in [0.1, 0.15) is 0 Å². The number of anilines is 1. The lowest BCUT2D eigenvalue weighted by atomic mass is 9.97. The lowest BCUT2D eigenvalue weighted by Crippen LogP contribution is -2.35. The minimum Gasteiger partial charge on any atom is -0.338 e. The van der Waals surface area contributed by atoms with Crippen molar-refractivity contribution in [3.05, 3.63) is 82.4 Å². The second-order valence-corrected chi connectivity index (χ2v) is 6.67. The predicted octanol–water partition coefficient (Wildman–Crippen LogP) is 3.01. The van der Waals surface area contributed by atoms with Crippen molar-refractivity contribution in [2.75, 3.05) is 18.0 Å². The van der Waals surface area contributed by atoms with Gasteiger partial charge in [0.05, 0.1) is 17.3 Å². The Kier molecular flexibility index (Phi) is 4.73. The van der Waals surface area contributed by atoms with Crippen molar-refractivity contribution in [3.63, 3.8) is 0 Å². The largest absolute Gasteiger partial charge is 0.338 e. The van der Waals surface area contributed by atoms with Gasteiger partial charge in [-0.05, 0) is 35.8 Å². The van der Waals surface area contributed by atoms with Crippen LogP contribution in [0.2, 0.25) is 0 Å². The summed E-state index contributed by atoms with van der Waals surface area (Å²) in [6, 6.07) is 15.1. The second-order valence-electron chi connectivity index (χ2n) is 6.67. The zero-order chi connectivity index (χ0) is 19.5. The van der Waals surface area contributed by atoms with Crippen LogP contribution in [0.5, 0.6) is 0 Å². The molecule has 0 saturated heterocycles. The summed E-state index contributed by atoms with van der Waals surface area (Å²) in [5, 5.41) is 9.42. The molecule has 28 heavy (non-hydrogen) atoms. The first-order chi connectivity index (χ1) is 13.7. The molecule has 3 heterocycles. The van der Waals surface area contributed by atoms with E-state index in [0.717, 1.165) is 29.7 Å². The fraction of sp³-hybridized carbons (Fsp3) is 0.182. The van der Waals surface area contributed by atoms with Crippen molar-refractivity contribution in [1.82, 2.24) is 14.5 Å². The van der Waals surface area contributed by atoms with E-state index in [1.54, 1.807) is 30.1 Å². The lowest BCUT2D eigenvalue weighted by Gasteiger charge is -2.30. The van der Waals surface area contributed by atoms with Crippen LogP contribution in [0, 0.1) is 11.3 Å². The first-order valence-electron chi connectivity index (χ1n) is 9.09. The molecule has 2 aromatic heterocycles. The van der Waals surface area contributed by atoms with Crippen LogP contribution < -0.4 is 10.5 Å². The maximum absolute atomic E-state index is 12.6. The first-order valence-corrected chi connectivity index (χ1v) is 9.09. The third-order valence-corrected chi connectivity index (χ3v) is 4.91. The molecular formula is C22H19N5O. The van der Waals surface area contributed by atoms with Gasteiger partial charge in [0, 0.05) is 44.2 Å². The van der Waals surface area contributed by atoms with E-state index in [2.05, 4.69) is 22.0 Å². The second kappa shape index (κ2) is 7.49. The number of hydrogen-bond acceptors (Lipinski definition) is 5. The summed E-state index contributed by atoms with van der Waals surface area (Å²) in [5.74, 6) is 0.624. The molecule has 1 aromatic carbocycles. The highest BCUT2D eigenvalue weighted by atomic mass is 16.1. The van der Waals surface area contributed by atoms with Crippen LogP contribution in [0.3, 0.4) is 0 Å². The summed E-state index contributed by atoms with van der Waals surface area (Å²) in [4.78, 5) is 23.4. The van der Waals surface area contributed by atoms with Crippen molar-refractivity contribution in [2.45, 2.75) is 6.42 Å². The predicted molar refractivity (Wildman–Crippen MR) is 109 cm³/mol. The topological polar surface area (TPSA) is 74.8 Å². The van der Waals surface area contributed by atoms with E-state index in [9.17, 15) is 10.1 Å². The Morgan fingerprint density at radius 2 is 1.93 bits per heavy atom. The number of rotatable bonds is 3. The van der Waals surface area contributed by atoms with Crippen LogP contribution in [0.15, 0.2) is 65.7 Å². The third kappa shape index (κ3) is 3.30. The van der Waals surface area contributed by atoms with E-state index in [1.165, 1.54) is 0 Å². The van der Waals surface area contributed by atoms with Crippen LogP contribution in [-0.2, 0) is 7.05 Å². The Morgan fingerprint density at radius 3 is 2.71 bits per heavy atom. The van der Waals surface area contributed by atoms with Gasteiger partial charge in [-0.3, -0.25) is 14.3 Å². The maximum Gasteiger partial charge on any atom is 0.255 e. The number of hydrogen-bond donors (Lipinski definition) is 0. The fourth-order valence-electron chi connectivity index (χ4n) is 3.45. The highest BCUT2D eigenvalue weighted by molar-refractivity contribution is 5.75. The summed E-state index contributed by atoms with van der Waals surface area (Å²) in [5.41, 5.74) is 4.05. The molecule has 6 heteroatoms. The number of nitriles is 1. The monoisotopic (exact) mass is 369 g/mol. The Balaban J connectivity index is 1.72. The van der Waals surface area contributed by atoms with Crippen LogP contribution in [0.1, 0.15) is 17.5 Å². The fourth-order valence-corrected chi connectivity index (χ4v) is 3.45. The van der Waals surface area contributed by atoms with Crippen molar-refractivity contribution < 1.29 is 0 Å². The summed E-state index contributed by atoms with van der Waals surface area (Å²) >= 11 is 0. The molecule has 0 atom stereocenters. The van der Waals surface area contributed by atoms with Crippen LogP contribution in [0.4, 0.5) is 5.95 Å². The third-order valence-electron chi connectivity index (χ3n) is 4.91. The Hall–Kier alpha value is -3.72. The van der Waals surface area contributed by atoms with Gasteiger partial charge in [-0.1, -0.05) is 24.3 Å². The molecule has 0 aliphatic carbocycles. The molecule has 6 nitrogen and oxygen atoms in total. The summed E-state index contributed by atoms with van der Waals surface area (Å²) in [6.07, 6.45) is 6.37. The van der Waals surface area contributed by atoms with Crippen LogP contribution in [0.25, 0.3) is 16.8 Å². The van der Waals surface area contributed by atoms with Gasteiger partial charge in [0.15, 0.2) is 0 Å². The van der Waals surface area contributed by atoms with E-state index in [4.69, 9.17) is 4.98 Å². The van der Waals surface area contributed by atoms with E-state index >= 15 is 0 Å². The molecule has 0 N–H and O–H groups in total. The van der Waals surface area contributed by atoms with Gasteiger partial charge in [-0.2, -0.15) is 5.26 Å². The van der Waals surface area contributed by atoms with Crippen molar-refractivity contribution in [1.29, 1.82) is 5.26 Å². The van der Waals surface area contributed by atoms with E-state index < -0.39 is 0 Å². The normalized spacial score (nSPS) is 13.7. The Morgan fingerprint density at radius 1 is 1.14 bits per heavy atom. The van der Waals surface area contributed by atoms with Crippen molar-refractivity contribution in [2.24, 2.45) is 7.05 Å². The van der Waals surface area contributed by atoms with Crippen LogP contribution >= 0.6 is 0 Å². The molecule has 1 aliphatic heterocycles. The van der Waals surface area contributed by atoms with E-state index in [0.29, 0.717) is 23.8 Å². The average molecular weight is 369 g/mol. The minimum atomic E-state index is -0.106. The molecule has 1 aliphatic rings. The molecule has 3 aromatic rings. The summed E-state index contributed by atoms with van der Waals surface area (Å²) in [7, 11) is 1.74. The lowest BCUT2D eigenvalue weighted by molar-refractivity contribution is 0.727. The number of aromatic nitrogens is 3. The minimum absolute atomic E-state index is 0.106. The molecule has 4 rings (SSSR count). The highest BCUT2D eigenvalue weighted by Crippen LogP contribution is 2.27. The van der Waals surface area contributed by atoms with Crippen LogP contribution in [-0.4, -0.2) is 27.6 Å². The molecule has 0 spiro atoms. The van der Waals surface area contributed by atoms with E-state index in [-0.39, 0.29) is 5.56 Å². The molecule has 0 radical (unpaired) electrons. The van der Waals surface area contributed by atoms with Gasteiger partial charge in [-0.25, -0.2) is 4.98 Å². The summed E-state index contributed by atoms with van der Waals surface area (Å²) in [6.45, 7) is 1.36. The van der Waals surface area contributed by atoms with Crippen molar-refractivity contribution >= 4 is 11.5 Å². The smallest absolute Gasteiger partial charge is 0.255 e. The molecule has 0 bridgehead atoms. The SMILES string of the molecule is Cn1c(N2CCC=C(c3ccccc3C#N)C2)nc(-c2ccncc2)cc1=O. The average Bonchev–Trinajstić information content (AvgIpc) is 2.76.